The van der Waals surface area contributed by atoms with E-state index in [0.717, 1.165) is 19.3 Å². The number of hydrogen-bond acceptors (Lipinski definition) is 5. The lowest BCUT2D eigenvalue weighted by Crippen LogP contribution is -2.15. The van der Waals surface area contributed by atoms with E-state index >= 15 is 0 Å². The fourth-order valence-corrected chi connectivity index (χ4v) is 2.46. The minimum Gasteiger partial charge on any atom is -0.463 e. The summed E-state index contributed by atoms with van der Waals surface area (Å²) in [7, 11) is -3.99. The van der Waals surface area contributed by atoms with E-state index in [4.69, 9.17) is 14.0 Å². The van der Waals surface area contributed by atoms with E-state index in [2.05, 4.69) is 6.92 Å². The van der Waals surface area contributed by atoms with Gasteiger partial charge >= 0.3 is 5.97 Å². The molecule has 0 rings (SSSR count). The SMILES string of the molecule is CCCCCCCCCCCC(=O)OCCOCCS(=O)(=O)O. The minimum atomic E-state index is -3.99. The molecule has 0 radical (unpaired) electrons. The van der Waals surface area contributed by atoms with Crippen LogP contribution in [0.1, 0.15) is 71.1 Å². The fourth-order valence-electron chi connectivity index (χ4n) is 2.13. The van der Waals surface area contributed by atoms with E-state index in [9.17, 15) is 13.2 Å². The molecule has 1 N–H and O–H groups in total. The van der Waals surface area contributed by atoms with E-state index in [1.807, 2.05) is 0 Å². The average molecular weight is 352 g/mol. The zero-order chi connectivity index (χ0) is 17.4. The van der Waals surface area contributed by atoms with Crippen molar-refractivity contribution in [1.29, 1.82) is 0 Å². The van der Waals surface area contributed by atoms with E-state index in [0.29, 0.717) is 6.42 Å². The highest BCUT2D eigenvalue weighted by molar-refractivity contribution is 7.85. The Morgan fingerprint density at radius 2 is 1.43 bits per heavy atom. The Morgan fingerprint density at radius 1 is 0.870 bits per heavy atom. The first-order chi connectivity index (χ1) is 11.0. The topological polar surface area (TPSA) is 89.9 Å². The van der Waals surface area contributed by atoms with Crippen molar-refractivity contribution in [2.45, 2.75) is 71.1 Å². The maximum atomic E-state index is 11.4. The molecule has 0 aromatic heterocycles. The van der Waals surface area contributed by atoms with Crippen LogP contribution in [0.5, 0.6) is 0 Å². The lowest BCUT2D eigenvalue weighted by atomic mass is 10.1. The number of carbonyl (C=O) groups is 1. The van der Waals surface area contributed by atoms with Crippen LogP contribution in [0.3, 0.4) is 0 Å². The van der Waals surface area contributed by atoms with Crippen molar-refractivity contribution in [1.82, 2.24) is 0 Å². The molecule has 0 amide bonds. The third-order valence-electron chi connectivity index (χ3n) is 3.46. The van der Waals surface area contributed by atoms with Crippen LogP contribution in [0.15, 0.2) is 0 Å². The standard InChI is InChI=1S/C16H32O6S/c1-2-3-4-5-6-7-8-9-10-11-16(17)22-13-12-21-14-15-23(18,19)20/h2-15H2,1H3,(H,18,19,20). The molecule has 0 saturated carbocycles. The molecule has 0 aromatic carbocycles. The van der Waals surface area contributed by atoms with Gasteiger partial charge in [-0.05, 0) is 6.42 Å². The predicted molar refractivity (Wildman–Crippen MR) is 90.0 cm³/mol. The van der Waals surface area contributed by atoms with Gasteiger partial charge in [0.1, 0.15) is 6.61 Å². The molecule has 0 aliphatic rings. The van der Waals surface area contributed by atoms with E-state index in [1.165, 1.54) is 38.5 Å². The van der Waals surface area contributed by atoms with Gasteiger partial charge in [-0.3, -0.25) is 9.35 Å². The van der Waals surface area contributed by atoms with Crippen LogP contribution in [0.2, 0.25) is 0 Å². The van der Waals surface area contributed by atoms with Gasteiger partial charge in [-0.2, -0.15) is 8.42 Å². The summed E-state index contributed by atoms with van der Waals surface area (Å²) < 4.78 is 39.2. The number of unbranched alkanes of at least 4 members (excludes halogenated alkanes) is 8. The maximum Gasteiger partial charge on any atom is 0.305 e. The molecule has 0 atom stereocenters. The Hall–Kier alpha value is -0.660. The molecule has 23 heavy (non-hydrogen) atoms. The highest BCUT2D eigenvalue weighted by Crippen LogP contribution is 2.10. The smallest absolute Gasteiger partial charge is 0.305 e. The van der Waals surface area contributed by atoms with Crippen LogP contribution < -0.4 is 0 Å². The number of carbonyl (C=O) groups excluding carboxylic acids is 1. The molecule has 138 valence electrons. The molecule has 0 aliphatic heterocycles. The second-order valence-electron chi connectivity index (χ2n) is 5.70. The molecule has 0 saturated heterocycles. The van der Waals surface area contributed by atoms with Gasteiger partial charge in [0.05, 0.1) is 19.0 Å². The number of ether oxygens (including phenoxy) is 2. The largest absolute Gasteiger partial charge is 0.463 e. The lowest BCUT2D eigenvalue weighted by Gasteiger charge is -2.06. The highest BCUT2D eigenvalue weighted by Gasteiger charge is 2.05. The second kappa shape index (κ2) is 14.9. The van der Waals surface area contributed by atoms with Crippen LogP contribution in [0.4, 0.5) is 0 Å². The summed E-state index contributed by atoms with van der Waals surface area (Å²) in [6.07, 6.45) is 11.2. The third kappa shape index (κ3) is 19.3. The van der Waals surface area contributed by atoms with Gasteiger partial charge < -0.3 is 9.47 Å². The molecule has 0 unspecified atom stereocenters. The van der Waals surface area contributed by atoms with Gasteiger partial charge in [0, 0.05) is 6.42 Å². The second-order valence-corrected chi connectivity index (χ2v) is 7.27. The van der Waals surface area contributed by atoms with Gasteiger partial charge in [-0.1, -0.05) is 58.3 Å². The Balaban J connectivity index is 3.25. The summed E-state index contributed by atoms with van der Waals surface area (Å²) in [5.74, 6) is -0.689. The summed E-state index contributed by atoms with van der Waals surface area (Å²) in [6, 6.07) is 0. The molecular weight excluding hydrogens is 320 g/mol. The van der Waals surface area contributed by atoms with Crippen molar-refractivity contribution in [3.05, 3.63) is 0 Å². The normalized spacial score (nSPS) is 11.6. The Morgan fingerprint density at radius 3 is 2.00 bits per heavy atom. The predicted octanol–water partition coefficient (Wildman–Crippen LogP) is 3.35. The zero-order valence-corrected chi connectivity index (χ0v) is 15.1. The first-order valence-corrected chi connectivity index (χ1v) is 10.2. The number of hydrogen-bond donors (Lipinski definition) is 1. The molecule has 0 bridgehead atoms. The van der Waals surface area contributed by atoms with E-state index in [-0.39, 0.29) is 25.8 Å². The van der Waals surface area contributed by atoms with Crippen LogP contribution in [0.25, 0.3) is 0 Å². The molecule has 0 aliphatic carbocycles. The summed E-state index contributed by atoms with van der Waals surface area (Å²) in [4.78, 5) is 11.4. The van der Waals surface area contributed by atoms with Gasteiger partial charge in [-0.15, -0.1) is 0 Å². The van der Waals surface area contributed by atoms with E-state index in [1.54, 1.807) is 0 Å². The molecule has 0 heterocycles. The Bertz CT molecular complexity index is 380. The first kappa shape index (κ1) is 22.3. The Kier molecular flexibility index (Phi) is 14.5. The molecule has 7 heteroatoms. The minimum absolute atomic E-state index is 0.103. The molecule has 0 fully saturated rings. The quantitative estimate of drug-likeness (QED) is 0.260. The maximum absolute atomic E-state index is 11.4. The van der Waals surface area contributed by atoms with Crippen molar-refractivity contribution in [2.24, 2.45) is 0 Å². The first-order valence-electron chi connectivity index (χ1n) is 8.64. The van der Waals surface area contributed by atoms with Gasteiger partial charge in [0.25, 0.3) is 10.1 Å². The van der Waals surface area contributed by atoms with Gasteiger partial charge in [-0.25, -0.2) is 0 Å². The summed E-state index contributed by atoms with van der Waals surface area (Å²) in [5, 5.41) is 0. The molecule has 0 spiro atoms. The van der Waals surface area contributed by atoms with Crippen molar-refractivity contribution in [3.63, 3.8) is 0 Å². The van der Waals surface area contributed by atoms with Gasteiger partial charge in [0.15, 0.2) is 0 Å². The fraction of sp³-hybridized carbons (Fsp3) is 0.938. The van der Waals surface area contributed by atoms with Crippen molar-refractivity contribution < 1.29 is 27.2 Å². The van der Waals surface area contributed by atoms with Gasteiger partial charge in [0.2, 0.25) is 0 Å². The molecule has 0 aromatic rings. The molecule has 6 nitrogen and oxygen atoms in total. The van der Waals surface area contributed by atoms with Crippen molar-refractivity contribution in [3.8, 4) is 0 Å². The summed E-state index contributed by atoms with van der Waals surface area (Å²) >= 11 is 0. The van der Waals surface area contributed by atoms with Crippen LogP contribution in [-0.4, -0.2) is 44.5 Å². The van der Waals surface area contributed by atoms with Crippen molar-refractivity contribution in [2.75, 3.05) is 25.6 Å². The summed E-state index contributed by atoms with van der Waals surface area (Å²) in [5.41, 5.74) is 0. The number of rotatable bonds is 16. The van der Waals surface area contributed by atoms with E-state index < -0.39 is 15.9 Å². The zero-order valence-electron chi connectivity index (χ0n) is 14.3. The summed E-state index contributed by atoms with van der Waals surface area (Å²) in [6.45, 7) is 2.36. The van der Waals surface area contributed by atoms with Crippen molar-refractivity contribution >= 4 is 16.1 Å². The third-order valence-corrected chi connectivity index (χ3v) is 4.14. The van der Waals surface area contributed by atoms with Crippen LogP contribution in [0, 0.1) is 0 Å². The molecular formula is C16H32O6S. The Labute approximate surface area is 140 Å². The van der Waals surface area contributed by atoms with Crippen LogP contribution in [-0.2, 0) is 24.4 Å². The monoisotopic (exact) mass is 352 g/mol. The number of esters is 1. The average Bonchev–Trinajstić information content (AvgIpc) is 2.48. The lowest BCUT2D eigenvalue weighted by molar-refractivity contribution is -0.145. The highest BCUT2D eigenvalue weighted by atomic mass is 32.2. The van der Waals surface area contributed by atoms with Crippen LogP contribution >= 0.6 is 0 Å².